The summed E-state index contributed by atoms with van der Waals surface area (Å²) in [5.74, 6) is 0. The van der Waals surface area contributed by atoms with E-state index in [0.29, 0.717) is 6.61 Å². The van der Waals surface area contributed by atoms with Crippen molar-refractivity contribution < 1.29 is 4.74 Å². The van der Waals surface area contributed by atoms with Crippen molar-refractivity contribution in [1.29, 1.82) is 0 Å². The number of H-pyrrole nitrogens is 2. The van der Waals surface area contributed by atoms with Gasteiger partial charge in [-0.15, -0.1) is 0 Å². The van der Waals surface area contributed by atoms with Crippen LogP contribution in [0, 0.1) is 0 Å². The lowest BCUT2D eigenvalue weighted by Crippen LogP contribution is -2.10. The minimum atomic E-state index is -0.174. The van der Waals surface area contributed by atoms with E-state index in [4.69, 9.17) is 4.74 Å². The van der Waals surface area contributed by atoms with E-state index in [9.17, 15) is 4.79 Å². The summed E-state index contributed by atoms with van der Waals surface area (Å²) in [5, 5.41) is 3.07. The molecule has 0 bridgehead atoms. The Hall–Kier alpha value is -1.59. The monoisotopic (exact) mass is 235 g/mol. The molecule has 0 unspecified atom stereocenters. The van der Waals surface area contributed by atoms with Crippen molar-refractivity contribution in [3.63, 3.8) is 0 Å². The van der Waals surface area contributed by atoms with Crippen LogP contribution in [0.1, 0.15) is 12.0 Å². The Morgan fingerprint density at radius 2 is 2.12 bits per heavy atom. The Morgan fingerprint density at radius 3 is 2.94 bits per heavy atom. The number of aromatic nitrogens is 2. The zero-order valence-corrected chi connectivity index (χ0v) is 9.88. The molecule has 17 heavy (non-hydrogen) atoms. The summed E-state index contributed by atoms with van der Waals surface area (Å²) < 4.78 is 5.54. The molecular weight excluding hydrogens is 218 g/mol. The van der Waals surface area contributed by atoms with Gasteiger partial charge in [-0.1, -0.05) is 6.07 Å². The van der Waals surface area contributed by atoms with Crippen LogP contribution in [0.15, 0.2) is 23.0 Å². The molecule has 3 N–H and O–H groups in total. The van der Waals surface area contributed by atoms with E-state index in [-0.39, 0.29) is 5.69 Å². The molecule has 0 saturated carbocycles. The summed E-state index contributed by atoms with van der Waals surface area (Å²) >= 11 is 0. The number of imidazole rings is 1. The van der Waals surface area contributed by atoms with Gasteiger partial charge in [0.05, 0.1) is 17.6 Å². The third-order valence-corrected chi connectivity index (χ3v) is 2.56. The minimum Gasteiger partial charge on any atom is -0.377 e. The third-order valence-electron chi connectivity index (χ3n) is 2.56. The molecule has 5 nitrogen and oxygen atoms in total. The molecule has 0 saturated heterocycles. The predicted molar refractivity (Wildman–Crippen MR) is 67.1 cm³/mol. The van der Waals surface area contributed by atoms with Crippen LogP contribution in [-0.4, -0.2) is 30.2 Å². The Labute approximate surface area is 99.2 Å². The maximum absolute atomic E-state index is 11.1. The smallest absolute Gasteiger partial charge is 0.323 e. The minimum absolute atomic E-state index is 0.174. The first-order valence-corrected chi connectivity index (χ1v) is 5.73. The van der Waals surface area contributed by atoms with Crippen LogP contribution in [0.2, 0.25) is 0 Å². The van der Waals surface area contributed by atoms with Gasteiger partial charge < -0.3 is 20.0 Å². The molecule has 1 aromatic carbocycles. The highest BCUT2D eigenvalue weighted by Gasteiger charge is 1.99. The highest BCUT2D eigenvalue weighted by atomic mass is 16.5. The third kappa shape index (κ3) is 3.18. The average Bonchev–Trinajstić information content (AvgIpc) is 2.68. The van der Waals surface area contributed by atoms with Gasteiger partial charge in [-0.25, -0.2) is 4.79 Å². The van der Waals surface area contributed by atoms with Crippen molar-refractivity contribution in [3.8, 4) is 0 Å². The number of hydrogen-bond donors (Lipinski definition) is 3. The van der Waals surface area contributed by atoms with Crippen molar-refractivity contribution in [2.75, 3.05) is 20.2 Å². The Kier molecular flexibility index (Phi) is 3.95. The molecule has 5 heteroatoms. The van der Waals surface area contributed by atoms with Gasteiger partial charge in [0, 0.05) is 6.61 Å². The Bertz CT molecular complexity index is 530. The Morgan fingerprint density at radius 1 is 1.29 bits per heavy atom. The molecule has 0 aliphatic rings. The second-order valence-electron chi connectivity index (χ2n) is 3.97. The summed E-state index contributed by atoms with van der Waals surface area (Å²) in [6.07, 6.45) is 1.000. The van der Waals surface area contributed by atoms with Gasteiger partial charge in [0.2, 0.25) is 0 Å². The van der Waals surface area contributed by atoms with Crippen LogP contribution in [-0.2, 0) is 11.3 Å². The summed E-state index contributed by atoms with van der Waals surface area (Å²) in [6, 6.07) is 5.79. The van der Waals surface area contributed by atoms with E-state index >= 15 is 0 Å². The molecule has 0 fully saturated rings. The lowest BCUT2D eigenvalue weighted by molar-refractivity contribution is 0.119. The average molecular weight is 235 g/mol. The largest absolute Gasteiger partial charge is 0.377 e. The van der Waals surface area contributed by atoms with Crippen LogP contribution in [0.4, 0.5) is 0 Å². The molecule has 0 spiro atoms. The first-order valence-electron chi connectivity index (χ1n) is 5.73. The first kappa shape index (κ1) is 11.9. The second-order valence-corrected chi connectivity index (χ2v) is 3.97. The molecule has 1 heterocycles. The van der Waals surface area contributed by atoms with E-state index in [1.54, 1.807) is 0 Å². The second kappa shape index (κ2) is 5.65. The van der Waals surface area contributed by atoms with Crippen molar-refractivity contribution >= 4 is 11.0 Å². The molecule has 92 valence electrons. The number of rotatable bonds is 6. The van der Waals surface area contributed by atoms with E-state index in [2.05, 4.69) is 15.3 Å². The lowest BCUT2D eigenvalue weighted by Gasteiger charge is -2.04. The zero-order valence-electron chi connectivity index (χ0n) is 9.88. The van der Waals surface area contributed by atoms with Crippen molar-refractivity contribution in [2.45, 2.75) is 13.0 Å². The fourth-order valence-corrected chi connectivity index (χ4v) is 1.71. The Balaban J connectivity index is 1.92. The molecule has 0 aliphatic carbocycles. The topological polar surface area (TPSA) is 69.9 Å². The zero-order chi connectivity index (χ0) is 12.1. The number of nitrogens with one attached hydrogen (secondary N) is 3. The van der Waals surface area contributed by atoms with Crippen LogP contribution in [0.5, 0.6) is 0 Å². The molecule has 2 rings (SSSR count). The van der Waals surface area contributed by atoms with Crippen LogP contribution in [0.25, 0.3) is 11.0 Å². The van der Waals surface area contributed by atoms with Gasteiger partial charge in [0.25, 0.3) is 0 Å². The maximum atomic E-state index is 11.1. The highest BCUT2D eigenvalue weighted by Crippen LogP contribution is 2.10. The van der Waals surface area contributed by atoms with Crippen LogP contribution >= 0.6 is 0 Å². The van der Waals surface area contributed by atoms with Gasteiger partial charge in [-0.05, 0) is 37.7 Å². The van der Waals surface area contributed by atoms with Crippen molar-refractivity contribution in [3.05, 3.63) is 34.2 Å². The van der Waals surface area contributed by atoms with E-state index < -0.39 is 0 Å². The fourth-order valence-electron chi connectivity index (χ4n) is 1.71. The van der Waals surface area contributed by atoms with Gasteiger partial charge in [-0.2, -0.15) is 0 Å². The van der Waals surface area contributed by atoms with E-state index in [1.165, 1.54) is 0 Å². The molecule has 0 aliphatic heterocycles. The van der Waals surface area contributed by atoms with Gasteiger partial charge in [0.15, 0.2) is 0 Å². The number of hydrogen-bond acceptors (Lipinski definition) is 3. The quantitative estimate of drug-likeness (QED) is 0.654. The maximum Gasteiger partial charge on any atom is 0.323 e. The van der Waals surface area contributed by atoms with Crippen molar-refractivity contribution in [1.82, 2.24) is 15.3 Å². The first-order chi connectivity index (χ1) is 8.29. The fraction of sp³-hybridized carbons (Fsp3) is 0.417. The molecule has 2 aromatic rings. The molecular formula is C12H17N3O2. The van der Waals surface area contributed by atoms with Crippen molar-refractivity contribution in [2.24, 2.45) is 0 Å². The van der Waals surface area contributed by atoms with Gasteiger partial charge >= 0.3 is 5.69 Å². The number of benzene rings is 1. The molecule has 0 atom stereocenters. The number of ether oxygens (including phenoxy) is 1. The lowest BCUT2D eigenvalue weighted by atomic mass is 10.2. The van der Waals surface area contributed by atoms with E-state index in [1.807, 2.05) is 25.2 Å². The highest BCUT2D eigenvalue weighted by molar-refractivity contribution is 5.74. The van der Waals surface area contributed by atoms with E-state index in [0.717, 1.165) is 36.2 Å². The summed E-state index contributed by atoms with van der Waals surface area (Å²) in [7, 11) is 1.93. The van der Waals surface area contributed by atoms with Gasteiger partial charge in [-0.3, -0.25) is 0 Å². The molecule has 1 aromatic heterocycles. The summed E-state index contributed by atoms with van der Waals surface area (Å²) in [5.41, 5.74) is 2.55. The summed E-state index contributed by atoms with van der Waals surface area (Å²) in [4.78, 5) is 16.5. The molecule has 0 amide bonds. The number of fused-ring (bicyclic) bond motifs is 1. The molecule has 0 radical (unpaired) electrons. The number of aromatic amines is 2. The van der Waals surface area contributed by atoms with Gasteiger partial charge in [0.1, 0.15) is 0 Å². The van der Waals surface area contributed by atoms with Crippen LogP contribution < -0.4 is 11.0 Å². The normalized spacial score (nSPS) is 11.1. The van der Waals surface area contributed by atoms with Crippen LogP contribution in [0.3, 0.4) is 0 Å². The predicted octanol–water partition coefficient (Wildman–Crippen LogP) is 0.982. The summed E-state index contributed by atoms with van der Waals surface area (Å²) in [6.45, 7) is 2.28. The standard InChI is InChI=1S/C12H17N3O2/c1-13-5-2-6-17-8-9-3-4-10-11(7-9)15-12(16)14-10/h3-4,7,13H,2,5-6,8H2,1H3,(H2,14,15,16). The SMILES string of the molecule is CNCCCOCc1ccc2[nH]c(=O)[nH]c2c1.